The number of carbonyl (C=O) groups is 1. The molecule has 21 heavy (non-hydrogen) atoms. The van der Waals surface area contributed by atoms with Crippen LogP contribution in [0.25, 0.3) is 10.9 Å². The molecule has 1 aromatic carbocycles. The van der Waals surface area contributed by atoms with Gasteiger partial charge in [0.1, 0.15) is 10.6 Å². The average molecular weight is 298 g/mol. The lowest BCUT2D eigenvalue weighted by Crippen LogP contribution is -2.15. The molecule has 104 valence electrons. The number of rotatable bonds is 3. The number of benzene rings is 1. The Morgan fingerprint density at radius 3 is 2.81 bits per heavy atom. The minimum absolute atomic E-state index is 0.257. The molecule has 0 saturated carbocycles. The Balaban J connectivity index is 2.04. The Kier molecular flexibility index (Phi) is 3.45. The van der Waals surface area contributed by atoms with Gasteiger partial charge in [-0.15, -0.1) is 0 Å². The summed E-state index contributed by atoms with van der Waals surface area (Å²) in [7, 11) is 0. The maximum atomic E-state index is 12.0. The van der Waals surface area contributed by atoms with E-state index in [-0.39, 0.29) is 5.56 Å². The van der Waals surface area contributed by atoms with Gasteiger partial charge in [-0.05, 0) is 30.3 Å². The van der Waals surface area contributed by atoms with Crippen LogP contribution >= 0.6 is 11.8 Å². The molecule has 0 bridgehead atoms. The molecule has 3 rings (SSSR count). The second-order valence-corrected chi connectivity index (χ2v) is 5.41. The number of nitrogens with zero attached hydrogens (tertiary/aromatic N) is 1. The molecule has 0 saturated heterocycles. The summed E-state index contributed by atoms with van der Waals surface area (Å²) in [6.07, 6.45) is 2.94. The van der Waals surface area contributed by atoms with Gasteiger partial charge in [0.25, 0.3) is 0 Å². The highest BCUT2D eigenvalue weighted by Gasteiger charge is 2.11. The van der Waals surface area contributed by atoms with Crippen molar-refractivity contribution in [1.29, 1.82) is 0 Å². The molecule has 0 aliphatic heterocycles. The number of nitrogens with one attached hydrogen (secondary N) is 1. The Morgan fingerprint density at radius 1 is 1.24 bits per heavy atom. The number of hydrogen-bond acceptors (Lipinski definition) is 4. The number of fused-ring (bicyclic) bond motifs is 1. The van der Waals surface area contributed by atoms with Crippen LogP contribution < -0.4 is 5.43 Å². The summed E-state index contributed by atoms with van der Waals surface area (Å²) in [6, 6.07) is 10.9. The van der Waals surface area contributed by atoms with Gasteiger partial charge in [-0.25, -0.2) is 9.78 Å². The Hall–Kier alpha value is -2.60. The number of carboxylic acid groups (broad SMARTS) is 1. The SMILES string of the molecule is O=C(O)c1c[nH]c2cc(Sc3ccccn3)ccc2c1=O. The fraction of sp³-hybridized carbons (Fsp3) is 0. The molecule has 0 amide bonds. The molecule has 5 nitrogen and oxygen atoms in total. The number of carboxylic acids is 1. The average Bonchev–Trinajstić information content (AvgIpc) is 2.48. The van der Waals surface area contributed by atoms with Crippen molar-refractivity contribution in [3.63, 3.8) is 0 Å². The van der Waals surface area contributed by atoms with E-state index >= 15 is 0 Å². The van der Waals surface area contributed by atoms with Gasteiger partial charge in [-0.1, -0.05) is 17.8 Å². The van der Waals surface area contributed by atoms with Gasteiger partial charge in [0.05, 0.1) is 5.52 Å². The highest BCUT2D eigenvalue weighted by atomic mass is 32.2. The smallest absolute Gasteiger partial charge is 0.341 e. The molecule has 0 unspecified atom stereocenters. The molecular weight excluding hydrogens is 288 g/mol. The van der Waals surface area contributed by atoms with Crippen LogP contribution in [0.4, 0.5) is 0 Å². The zero-order valence-corrected chi connectivity index (χ0v) is 11.6. The topological polar surface area (TPSA) is 83.0 Å². The van der Waals surface area contributed by atoms with Gasteiger partial charge in [-0.3, -0.25) is 4.79 Å². The zero-order valence-electron chi connectivity index (χ0n) is 10.7. The number of hydrogen-bond donors (Lipinski definition) is 2. The first-order valence-corrected chi connectivity index (χ1v) is 6.94. The molecule has 2 aromatic heterocycles. The predicted octanol–water partition coefficient (Wildman–Crippen LogP) is 2.77. The maximum Gasteiger partial charge on any atom is 0.341 e. The lowest BCUT2D eigenvalue weighted by atomic mass is 10.1. The van der Waals surface area contributed by atoms with Gasteiger partial charge in [-0.2, -0.15) is 0 Å². The number of aromatic carboxylic acids is 1. The number of aromatic nitrogens is 2. The van der Waals surface area contributed by atoms with Crippen LogP contribution in [0.15, 0.2) is 63.5 Å². The van der Waals surface area contributed by atoms with Gasteiger partial charge in [0, 0.05) is 22.7 Å². The molecule has 0 atom stereocenters. The van der Waals surface area contributed by atoms with Crippen LogP contribution in [-0.2, 0) is 0 Å². The van der Waals surface area contributed by atoms with Crippen LogP contribution in [0.5, 0.6) is 0 Å². The summed E-state index contributed by atoms with van der Waals surface area (Å²) in [5.41, 5.74) is -0.135. The van der Waals surface area contributed by atoms with Gasteiger partial charge >= 0.3 is 5.97 Å². The standard InChI is InChI=1S/C15H10N2O3S/c18-14-10-5-4-9(21-13-3-1-2-6-16-13)7-12(10)17-8-11(14)15(19)20/h1-8H,(H,17,18)(H,19,20). The molecule has 0 aliphatic carbocycles. The molecule has 2 N–H and O–H groups in total. The first-order valence-electron chi connectivity index (χ1n) is 6.13. The van der Waals surface area contributed by atoms with E-state index in [2.05, 4.69) is 9.97 Å². The molecule has 0 aliphatic rings. The summed E-state index contributed by atoms with van der Waals surface area (Å²) < 4.78 is 0. The van der Waals surface area contributed by atoms with Crippen molar-refractivity contribution in [2.45, 2.75) is 9.92 Å². The minimum Gasteiger partial charge on any atom is -0.477 e. The third-order valence-corrected chi connectivity index (χ3v) is 3.88. The van der Waals surface area contributed by atoms with Crippen LogP contribution in [0.3, 0.4) is 0 Å². The second kappa shape index (κ2) is 5.41. The Bertz CT molecular complexity index is 875. The van der Waals surface area contributed by atoms with Crippen molar-refractivity contribution in [1.82, 2.24) is 9.97 Å². The van der Waals surface area contributed by atoms with Gasteiger partial charge in [0.2, 0.25) is 5.43 Å². The van der Waals surface area contributed by atoms with Crippen molar-refractivity contribution < 1.29 is 9.90 Å². The molecule has 2 heterocycles. The van der Waals surface area contributed by atoms with Crippen LogP contribution in [0.1, 0.15) is 10.4 Å². The second-order valence-electron chi connectivity index (χ2n) is 4.31. The molecule has 0 spiro atoms. The van der Waals surface area contributed by atoms with Crippen molar-refractivity contribution in [2.75, 3.05) is 0 Å². The summed E-state index contributed by atoms with van der Waals surface area (Å²) in [5, 5.41) is 10.2. The Morgan fingerprint density at radius 2 is 2.10 bits per heavy atom. The molecule has 3 aromatic rings. The van der Waals surface area contributed by atoms with E-state index in [0.29, 0.717) is 10.9 Å². The Labute approximate surface area is 123 Å². The summed E-state index contributed by atoms with van der Waals surface area (Å²) in [5.74, 6) is -1.23. The number of H-pyrrole nitrogens is 1. The van der Waals surface area contributed by atoms with Crippen LogP contribution in [-0.4, -0.2) is 21.0 Å². The first-order chi connectivity index (χ1) is 10.1. The van der Waals surface area contributed by atoms with E-state index in [4.69, 9.17) is 5.11 Å². The normalized spacial score (nSPS) is 10.7. The minimum atomic E-state index is -1.23. The van der Waals surface area contributed by atoms with E-state index in [1.165, 1.54) is 18.0 Å². The summed E-state index contributed by atoms with van der Waals surface area (Å²) in [4.78, 5) is 31.0. The fourth-order valence-corrected chi connectivity index (χ4v) is 2.77. The highest BCUT2D eigenvalue weighted by molar-refractivity contribution is 7.99. The largest absolute Gasteiger partial charge is 0.477 e. The summed E-state index contributed by atoms with van der Waals surface area (Å²) >= 11 is 1.47. The van der Waals surface area contributed by atoms with Crippen molar-refractivity contribution in [3.05, 3.63) is 64.6 Å². The van der Waals surface area contributed by atoms with Crippen LogP contribution in [0, 0.1) is 0 Å². The third-order valence-electron chi connectivity index (χ3n) is 2.94. The van der Waals surface area contributed by atoms with Crippen molar-refractivity contribution in [3.8, 4) is 0 Å². The molecule has 0 radical (unpaired) electrons. The number of pyridine rings is 2. The van der Waals surface area contributed by atoms with Crippen LogP contribution in [0.2, 0.25) is 0 Å². The fourth-order valence-electron chi connectivity index (χ4n) is 1.95. The van der Waals surface area contributed by atoms with Crippen molar-refractivity contribution in [2.24, 2.45) is 0 Å². The summed E-state index contributed by atoms with van der Waals surface area (Å²) in [6.45, 7) is 0. The van der Waals surface area contributed by atoms with Gasteiger partial charge in [0.15, 0.2) is 0 Å². The van der Waals surface area contributed by atoms with Gasteiger partial charge < -0.3 is 10.1 Å². The zero-order chi connectivity index (χ0) is 14.8. The molecule has 0 fully saturated rings. The lowest BCUT2D eigenvalue weighted by molar-refractivity contribution is 0.0695. The maximum absolute atomic E-state index is 12.0. The van der Waals surface area contributed by atoms with E-state index in [9.17, 15) is 9.59 Å². The number of aromatic amines is 1. The van der Waals surface area contributed by atoms with E-state index in [0.717, 1.165) is 9.92 Å². The molecule has 6 heteroatoms. The predicted molar refractivity (Wildman–Crippen MR) is 79.9 cm³/mol. The van der Waals surface area contributed by atoms with Crippen molar-refractivity contribution >= 4 is 28.6 Å². The quantitative estimate of drug-likeness (QED) is 0.777. The monoisotopic (exact) mass is 298 g/mol. The lowest BCUT2D eigenvalue weighted by Gasteiger charge is -2.04. The third kappa shape index (κ3) is 2.66. The van der Waals surface area contributed by atoms with E-state index < -0.39 is 11.4 Å². The first kappa shape index (κ1) is 13.4. The van der Waals surface area contributed by atoms with E-state index in [1.54, 1.807) is 18.3 Å². The highest BCUT2D eigenvalue weighted by Crippen LogP contribution is 2.27. The van der Waals surface area contributed by atoms with E-state index in [1.807, 2.05) is 24.3 Å². The molecular formula is C15H10N2O3S.